The molecule has 4 aromatic rings. The molecule has 10 heteroatoms. The van der Waals surface area contributed by atoms with Crippen LogP contribution in [0, 0.1) is 5.82 Å². The summed E-state index contributed by atoms with van der Waals surface area (Å²) in [4.78, 5) is 17.8. The fourth-order valence-electron chi connectivity index (χ4n) is 3.75. The number of halogens is 2. The van der Waals surface area contributed by atoms with Crippen molar-refractivity contribution in [2.24, 2.45) is 0 Å². The SMILES string of the molecule is CC1=C(C(=O)OCc2ccccc2)C(c2ccc(Br)o2)n2nc(SCc3ccccc3F)nc2N1. The smallest absolute Gasteiger partial charge is 0.338 e. The summed E-state index contributed by atoms with van der Waals surface area (Å²) in [6.45, 7) is 1.92. The van der Waals surface area contributed by atoms with Gasteiger partial charge in [-0.25, -0.2) is 13.9 Å². The molecule has 1 aliphatic rings. The Hall–Kier alpha value is -3.37. The molecule has 1 N–H and O–H groups in total. The molecule has 178 valence electrons. The number of allylic oxidation sites excluding steroid dienone is 1. The van der Waals surface area contributed by atoms with E-state index in [1.54, 1.807) is 41.9 Å². The number of benzene rings is 2. The first kappa shape index (κ1) is 23.4. The zero-order chi connectivity index (χ0) is 24.4. The molecule has 0 fully saturated rings. The van der Waals surface area contributed by atoms with Crippen LogP contribution in [0.1, 0.15) is 29.9 Å². The van der Waals surface area contributed by atoms with Crippen molar-refractivity contribution >= 4 is 39.6 Å². The number of nitrogens with zero attached hydrogens (tertiary/aromatic N) is 3. The number of fused-ring (bicyclic) bond motifs is 1. The Bertz CT molecular complexity index is 1400. The summed E-state index contributed by atoms with van der Waals surface area (Å²) in [5.41, 5.74) is 2.40. The molecule has 5 rings (SSSR count). The fourth-order valence-corrected chi connectivity index (χ4v) is 4.89. The molecule has 35 heavy (non-hydrogen) atoms. The Balaban J connectivity index is 1.43. The van der Waals surface area contributed by atoms with Crippen LogP contribution in [-0.4, -0.2) is 20.7 Å². The van der Waals surface area contributed by atoms with Crippen LogP contribution in [0.25, 0.3) is 0 Å². The second-order valence-electron chi connectivity index (χ2n) is 7.81. The van der Waals surface area contributed by atoms with Crippen LogP contribution in [0.3, 0.4) is 0 Å². The largest absolute Gasteiger partial charge is 0.457 e. The molecule has 0 saturated carbocycles. The van der Waals surface area contributed by atoms with Crippen molar-refractivity contribution in [3.05, 3.63) is 105 Å². The molecule has 0 spiro atoms. The van der Waals surface area contributed by atoms with Crippen LogP contribution in [0.2, 0.25) is 0 Å². The minimum absolute atomic E-state index is 0.138. The predicted molar refractivity (Wildman–Crippen MR) is 133 cm³/mol. The van der Waals surface area contributed by atoms with Gasteiger partial charge in [0.25, 0.3) is 0 Å². The van der Waals surface area contributed by atoms with E-state index in [-0.39, 0.29) is 12.4 Å². The Morgan fingerprint density at radius 1 is 1.17 bits per heavy atom. The van der Waals surface area contributed by atoms with Crippen LogP contribution in [-0.2, 0) is 21.9 Å². The molecule has 1 unspecified atom stereocenters. The van der Waals surface area contributed by atoms with Gasteiger partial charge in [-0.05, 0) is 52.2 Å². The summed E-state index contributed by atoms with van der Waals surface area (Å²) in [7, 11) is 0. The normalized spacial score (nSPS) is 15.0. The molecule has 3 heterocycles. The zero-order valence-corrected chi connectivity index (χ0v) is 21.0. The number of nitrogens with one attached hydrogen (secondary N) is 1. The van der Waals surface area contributed by atoms with Crippen LogP contribution in [0.5, 0.6) is 0 Å². The first-order chi connectivity index (χ1) is 17.0. The standard InChI is InChI=1S/C25H20BrFN4O3S/c1-15-21(23(32)33-13-16-7-3-2-4-8-16)22(19-11-12-20(26)34-19)31-24(28-15)29-25(30-31)35-14-17-9-5-6-10-18(17)27/h2-12,22H,13-14H2,1H3,(H,28,29,30). The van der Waals surface area contributed by atoms with Gasteiger partial charge >= 0.3 is 5.97 Å². The summed E-state index contributed by atoms with van der Waals surface area (Å²) < 4.78 is 27.6. The number of esters is 1. The van der Waals surface area contributed by atoms with Crippen molar-refractivity contribution in [3.8, 4) is 0 Å². The highest BCUT2D eigenvalue weighted by Crippen LogP contribution is 2.38. The molecular formula is C25H20BrFN4O3S. The summed E-state index contributed by atoms with van der Waals surface area (Å²) in [6.07, 6.45) is 0. The Kier molecular flexibility index (Phi) is 6.74. The van der Waals surface area contributed by atoms with E-state index in [0.717, 1.165) is 5.56 Å². The minimum atomic E-state index is -0.684. The number of rotatable bonds is 7. The molecule has 2 aromatic carbocycles. The van der Waals surface area contributed by atoms with E-state index in [0.29, 0.717) is 44.1 Å². The average Bonchev–Trinajstić information content (AvgIpc) is 3.47. The van der Waals surface area contributed by atoms with Crippen molar-refractivity contribution in [2.75, 3.05) is 5.32 Å². The summed E-state index contributed by atoms with van der Waals surface area (Å²) in [5.74, 6) is 0.558. The van der Waals surface area contributed by atoms with Crippen molar-refractivity contribution in [1.29, 1.82) is 0 Å². The number of carbonyl (C=O) groups is 1. The van der Waals surface area contributed by atoms with Gasteiger partial charge < -0.3 is 14.5 Å². The second kappa shape index (κ2) is 10.1. The Labute approximate surface area is 213 Å². The molecule has 0 amide bonds. The molecule has 0 saturated heterocycles. The van der Waals surface area contributed by atoms with Gasteiger partial charge in [-0.2, -0.15) is 4.98 Å². The maximum atomic E-state index is 14.0. The van der Waals surface area contributed by atoms with Gasteiger partial charge in [0.15, 0.2) is 4.67 Å². The highest BCUT2D eigenvalue weighted by atomic mass is 79.9. The number of thioether (sulfide) groups is 1. The maximum absolute atomic E-state index is 14.0. The van der Waals surface area contributed by atoms with Crippen molar-refractivity contribution < 1.29 is 18.3 Å². The van der Waals surface area contributed by atoms with Crippen LogP contribution in [0.15, 0.2) is 92.2 Å². The molecule has 0 radical (unpaired) electrons. The molecule has 1 atom stereocenters. The van der Waals surface area contributed by atoms with Crippen LogP contribution < -0.4 is 5.32 Å². The maximum Gasteiger partial charge on any atom is 0.338 e. The summed E-state index contributed by atoms with van der Waals surface area (Å²) >= 11 is 4.64. The van der Waals surface area contributed by atoms with Crippen LogP contribution >= 0.6 is 27.7 Å². The van der Waals surface area contributed by atoms with Gasteiger partial charge in [-0.1, -0.05) is 60.3 Å². The third kappa shape index (κ3) is 5.03. The lowest BCUT2D eigenvalue weighted by Crippen LogP contribution is -2.29. The number of hydrogen-bond acceptors (Lipinski definition) is 7. The third-order valence-corrected chi connectivity index (χ3v) is 6.76. The molecule has 1 aliphatic heterocycles. The van der Waals surface area contributed by atoms with Crippen molar-refractivity contribution in [1.82, 2.24) is 14.8 Å². The number of anilines is 1. The lowest BCUT2D eigenvalue weighted by Gasteiger charge is -2.26. The number of ether oxygens (including phenoxy) is 1. The van der Waals surface area contributed by atoms with Gasteiger partial charge in [-0.3, -0.25) is 0 Å². The fraction of sp³-hybridized carbons (Fsp3) is 0.160. The monoisotopic (exact) mass is 554 g/mol. The quantitative estimate of drug-likeness (QED) is 0.218. The van der Waals surface area contributed by atoms with E-state index in [1.165, 1.54) is 17.8 Å². The second-order valence-corrected chi connectivity index (χ2v) is 9.54. The van der Waals surface area contributed by atoms with E-state index < -0.39 is 12.0 Å². The highest BCUT2D eigenvalue weighted by molar-refractivity contribution is 9.10. The van der Waals surface area contributed by atoms with Gasteiger partial charge in [0.05, 0.1) is 5.57 Å². The highest BCUT2D eigenvalue weighted by Gasteiger charge is 2.37. The molecule has 7 nitrogen and oxygen atoms in total. The summed E-state index contributed by atoms with van der Waals surface area (Å²) in [5, 5.41) is 8.21. The first-order valence-electron chi connectivity index (χ1n) is 10.8. The van der Waals surface area contributed by atoms with Crippen molar-refractivity contribution in [3.63, 3.8) is 0 Å². The molecule has 0 bridgehead atoms. The van der Waals surface area contributed by atoms with Gasteiger partial charge in [0, 0.05) is 11.4 Å². The number of carbonyl (C=O) groups excluding carboxylic acids is 1. The number of hydrogen-bond donors (Lipinski definition) is 1. The lowest BCUT2D eigenvalue weighted by molar-refractivity contribution is -0.140. The molecule has 2 aromatic heterocycles. The predicted octanol–water partition coefficient (Wildman–Crippen LogP) is 6.10. The molecule has 0 aliphatic carbocycles. The Morgan fingerprint density at radius 2 is 1.94 bits per heavy atom. The Morgan fingerprint density at radius 3 is 2.69 bits per heavy atom. The summed E-state index contributed by atoms with van der Waals surface area (Å²) in [6, 6.07) is 18.9. The number of furan rings is 1. The van der Waals surface area contributed by atoms with E-state index in [9.17, 15) is 9.18 Å². The molecular weight excluding hydrogens is 535 g/mol. The number of aromatic nitrogens is 3. The van der Waals surface area contributed by atoms with Crippen molar-refractivity contribution in [2.45, 2.75) is 30.5 Å². The van der Waals surface area contributed by atoms with Crippen LogP contribution in [0.4, 0.5) is 10.3 Å². The minimum Gasteiger partial charge on any atom is -0.457 e. The first-order valence-corrected chi connectivity index (χ1v) is 12.5. The zero-order valence-electron chi connectivity index (χ0n) is 18.6. The van der Waals surface area contributed by atoms with E-state index in [2.05, 4.69) is 31.3 Å². The lowest BCUT2D eigenvalue weighted by atomic mass is 10.0. The van der Waals surface area contributed by atoms with E-state index in [1.807, 2.05) is 30.3 Å². The van der Waals surface area contributed by atoms with Gasteiger partial charge in [-0.15, -0.1) is 5.10 Å². The van der Waals surface area contributed by atoms with E-state index in [4.69, 9.17) is 9.15 Å². The average molecular weight is 555 g/mol. The van der Waals surface area contributed by atoms with E-state index >= 15 is 0 Å². The van der Waals surface area contributed by atoms with Gasteiger partial charge in [0.1, 0.15) is 24.2 Å². The van der Waals surface area contributed by atoms with Gasteiger partial charge in [0.2, 0.25) is 11.1 Å². The topological polar surface area (TPSA) is 82.2 Å². The third-order valence-electron chi connectivity index (χ3n) is 5.44.